The molecule has 0 radical (unpaired) electrons. The molecule has 1 aliphatic carbocycles. The fraction of sp³-hybridized carbons (Fsp3) is 0.364. The molecule has 1 aromatic heterocycles. The van der Waals surface area contributed by atoms with E-state index < -0.39 is 0 Å². The number of hydrogen-bond acceptors (Lipinski definition) is 4. The van der Waals surface area contributed by atoms with Crippen LogP contribution in [-0.4, -0.2) is 25.5 Å². The molecule has 6 nitrogen and oxygen atoms in total. The largest absolute Gasteiger partial charge is 0.497 e. The smallest absolute Gasteiger partial charge is 0.267 e. The van der Waals surface area contributed by atoms with Crippen LogP contribution in [-0.2, 0) is 4.79 Å². The minimum atomic E-state index is -0.367. The monoisotopic (exact) mass is 382 g/mol. The van der Waals surface area contributed by atoms with E-state index in [1.54, 1.807) is 43.5 Å². The van der Waals surface area contributed by atoms with Crippen molar-refractivity contribution in [1.29, 1.82) is 0 Å². The predicted molar refractivity (Wildman–Crippen MR) is 107 cm³/mol. The first-order valence-corrected chi connectivity index (χ1v) is 9.64. The quantitative estimate of drug-likeness (QED) is 0.715. The van der Waals surface area contributed by atoms with Crippen LogP contribution in [0.2, 0.25) is 0 Å². The molecule has 2 N–H and O–H groups in total. The summed E-state index contributed by atoms with van der Waals surface area (Å²) in [6.07, 6.45) is 9.03. The zero-order valence-electron chi connectivity index (χ0n) is 16.1. The standard InChI is InChI=1S/C22H26N2O4/c1-27-18-11-9-17(10-12-18)21(25)24-20(14-19-8-5-13-28-19)22(26)23-15-16-6-3-2-4-7-16/h5,8-14,16H,2-4,6-7,15H2,1H3,(H,23,26)(H,24,25)/b20-14-. The molecule has 1 aliphatic rings. The van der Waals surface area contributed by atoms with Gasteiger partial charge in [0.15, 0.2) is 0 Å². The lowest BCUT2D eigenvalue weighted by molar-refractivity contribution is -0.118. The van der Waals surface area contributed by atoms with Crippen LogP contribution in [0, 0.1) is 5.92 Å². The van der Waals surface area contributed by atoms with Gasteiger partial charge in [0.25, 0.3) is 11.8 Å². The molecule has 1 heterocycles. The van der Waals surface area contributed by atoms with Crippen molar-refractivity contribution in [2.45, 2.75) is 32.1 Å². The number of carbonyl (C=O) groups is 2. The Labute approximate surface area is 165 Å². The molecule has 0 atom stereocenters. The molecule has 1 saturated carbocycles. The number of nitrogens with one attached hydrogen (secondary N) is 2. The zero-order valence-corrected chi connectivity index (χ0v) is 16.1. The molecule has 0 spiro atoms. The average molecular weight is 382 g/mol. The van der Waals surface area contributed by atoms with Gasteiger partial charge in [-0.1, -0.05) is 19.3 Å². The second kappa shape index (κ2) is 9.78. The summed E-state index contributed by atoms with van der Waals surface area (Å²) in [6, 6.07) is 10.2. The van der Waals surface area contributed by atoms with E-state index in [2.05, 4.69) is 10.6 Å². The minimum Gasteiger partial charge on any atom is -0.497 e. The molecular weight excluding hydrogens is 356 g/mol. The summed E-state index contributed by atoms with van der Waals surface area (Å²) in [7, 11) is 1.57. The number of ether oxygens (including phenoxy) is 1. The number of rotatable bonds is 7. The van der Waals surface area contributed by atoms with Crippen molar-refractivity contribution in [3.63, 3.8) is 0 Å². The molecular formula is C22H26N2O4. The van der Waals surface area contributed by atoms with Gasteiger partial charge in [0.2, 0.25) is 0 Å². The Morgan fingerprint density at radius 3 is 2.54 bits per heavy atom. The van der Waals surface area contributed by atoms with Gasteiger partial charge in [-0.3, -0.25) is 9.59 Å². The first-order chi connectivity index (χ1) is 13.7. The molecule has 2 amide bonds. The molecule has 0 saturated heterocycles. The maximum absolute atomic E-state index is 12.7. The summed E-state index contributed by atoms with van der Waals surface area (Å²) in [4.78, 5) is 25.3. The topological polar surface area (TPSA) is 80.6 Å². The third kappa shape index (κ3) is 5.49. The summed E-state index contributed by atoms with van der Waals surface area (Å²) in [5.41, 5.74) is 0.595. The first-order valence-electron chi connectivity index (χ1n) is 9.64. The van der Waals surface area contributed by atoms with Gasteiger partial charge in [-0.25, -0.2) is 0 Å². The first kappa shape index (κ1) is 19.7. The van der Waals surface area contributed by atoms with Crippen molar-refractivity contribution in [3.8, 4) is 5.75 Å². The molecule has 148 valence electrons. The predicted octanol–water partition coefficient (Wildman–Crippen LogP) is 3.76. The normalized spacial score (nSPS) is 15.1. The summed E-state index contributed by atoms with van der Waals surface area (Å²) in [5, 5.41) is 5.66. The van der Waals surface area contributed by atoms with E-state index in [9.17, 15) is 9.59 Å². The lowest BCUT2D eigenvalue weighted by atomic mass is 9.89. The SMILES string of the molecule is COc1ccc(C(=O)N/C(=C\c2ccco2)C(=O)NCC2CCCCC2)cc1. The van der Waals surface area contributed by atoms with Crippen molar-refractivity contribution in [3.05, 3.63) is 59.7 Å². The van der Waals surface area contributed by atoms with Crippen LogP contribution >= 0.6 is 0 Å². The van der Waals surface area contributed by atoms with E-state index in [4.69, 9.17) is 9.15 Å². The minimum absolute atomic E-state index is 0.159. The molecule has 28 heavy (non-hydrogen) atoms. The third-order valence-electron chi connectivity index (χ3n) is 4.95. The van der Waals surface area contributed by atoms with Crippen LogP contribution in [0.5, 0.6) is 5.75 Å². The van der Waals surface area contributed by atoms with Gasteiger partial charge in [-0.05, 0) is 55.2 Å². The number of methoxy groups -OCH3 is 1. The van der Waals surface area contributed by atoms with Gasteiger partial charge in [0.1, 0.15) is 17.2 Å². The molecule has 1 fully saturated rings. The number of benzene rings is 1. The van der Waals surface area contributed by atoms with E-state index in [1.807, 2.05) is 0 Å². The molecule has 0 aliphatic heterocycles. The average Bonchev–Trinajstić information content (AvgIpc) is 3.25. The van der Waals surface area contributed by atoms with Gasteiger partial charge < -0.3 is 19.8 Å². The Morgan fingerprint density at radius 2 is 1.89 bits per heavy atom. The summed E-state index contributed by atoms with van der Waals surface area (Å²) in [5.74, 6) is 0.975. The molecule has 3 rings (SSSR count). The van der Waals surface area contributed by atoms with Gasteiger partial charge in [0, 0.05) is 18.2 Å². The lowest BCUT2D eigenvalue weighted by Gasteiger charge is -2.22. The highest BCUT2D eigenvalue weighted by Crippen LogP contribution is 2.22. The Kier molecular flexibility index (Phi) is 6.89. The second-order valence-electron chi connectivity index (χ2n) is 6.97. The van der Waals surface area contributed by atoms with E-state index >= 15 is 0 Å². The van der Waals surface area contributed by atoms with Crippen molar-refractivity contribution >= 4 is 17.9 Å². The fourth-order valence-corrected chi connectivity index (χ4v) is 3.33. The molecule has 1 aromatic carbocycles. The van der Waals surface area contributed by atoms with Gasteiger partial charge in [0.05, 0.1) is 13.4 Å². The maximum atomic E-state index is 12.7. The summed E-state index contributed by atoms with van der Waals surface area (Å²) < 4.78 is 10.4. The van der Waals surface area contributed by atoms with E-state index in [0.717, 1.165) is 12.8 Å². The summed E-state index contributed by atoms with van der Waals surface area (Å²) in [6.45, 7) is 0.618. The van der Waals surface area contributed by atoms with Crippen LogP contribution in [0.1, 0.15) is 48.2 Å². The second-order valence-corrected chi connectivity index (χ2v) is 6.97. The molecule has 0 bridgehead atoms. The zero-order chi connectivity index (χ0) is 19.8. The highest BCUT2D eigenvalue weighted by molar-refractivity contribution is 6.05. The Balaban J connectivity index is 1.69. The number of amides is 2. The van der Waals surface area contributed by atoms with Gasteiger partial charge in [-0.2, -0.15) is 0 Å². The van der Waals surface area contributed by atoms with Crippen molar-refractivity contribution < 1.29 is 18.7 Å². The van der Waals surface area contributed by atoms with Crippen LogP contribution < -0.4 is 15.4 Å². The fourth-order valence-electron chi connectivity index (χ4n) is 3.33. The number of furan rings is 1. The van der Waals surface area contributed by atoms with Crippen molar-refractivity contribution in [2.24, 2.45) is 5.92 Å². The van der Waals surface area contributed by atoms with Crippen LogP contribution in [0.4, 0.5) is 0 Å². The lowest BCUT2D eigenvalue weighted by Crippen LogP contribution is -2.37. The number of carbonyl (C=O) groups excluding carboxylic acids is 2. The Hall–Kier alpha value is -3.02. The summed E-state index contributed by atoms with van der Waals surface area (Å²) >= 11 is 0. The van der Waals surface area contributed by atoms with Gasteiger partial charge >= 0.3 is 0 Å². The Bertz CT molecular complexity index is 804. The van der Waals surface area contributed by atoms with Crippen molar-refractivity contribution in [1.82, 2.24) is 10.6 Å². The van der Waals surface area contributed by atoms with E-state index in [-0.39, 0.29) is 17.5 Å². The highest BCUT2D eigenvalue weighted by Gasteiger charge is 2.18. The van der Waals surface area contributed by atoms with Crippen LogP contribution in [0.3, 0.4) is 0 Å². The van der Waals surface area contributed by atoms with Crippen LogP contribution in [0.15, 0.2) is 52.8 Å². The highest BCUT2D eigenvalue weighted by atomic mass is 16.5. The molecule has 0 unspecified atom stereocenters. The van der Waals surface area contributed by atoms with E-state index in [0.29, 0.717) is 29.5 Å². The van der Waals surface area contributed by atoms with Crippen LogP contribution in [0.25, 0.3) is 6.08 Å². The Morgan fingerprint density at radius 1 is 1.14 bits per heavy atom. The molecule has 6 heteroatoms. The maximum Gasteiger partial charge on any atom is 0.267 e. The number of hydrogen-bond donors (Lipinski definition) is 2. The van der Waals surface area contributed by atoms with E-state index in [1.165, 1.54) is 31.6 Å². The van der Waals surface area contributed by atoms with Gasteiger partial charge in [-0.15, -0.1) is 0 Å². The third-order valence-corrected chi connectivity index (χ3v) is 4.95. The van der Waals surface area contributed by atoms with Crippen molar-refractivity contribution in [2.75, 3.05) is 13.7 Å². The molecule has 2 aromatic rings.